The number of hydrogen-bond acceptors (Lipinski definition) is 5. The molecule has 3 N–H and O–H groups in total. The van der Waals surface area contributed by atoms with Crippen LogP contribution in [0.1, 0.15) is 82.5 Å². The number of hydrogen-bond donors (Lipinski definition) is 3. The Labute approximate surface area is 233 Å². The number of unbranched alkanes of at least 4 members (excludes halogenated alkanes) is 4. The maximum absolute atomic E-state index is 13.9. The minimum Gasteiger partial charge on any atom is -0.444 e. The molecule has 2 atom stereocenters. The predicted molar refractivity (Wildman–Crippen MR) is 153 cm³/mol. The van der Waals surface area contributed by atoms with Gasteiger partial charge < -0.3 is 25.4 Å². The van der Waals surface area contributed by atoms with Crippen LogP contribution in [-0.4, -0.2) is 52.7 Å². The zero-order valence-corrected chi connectivity index (χ0v) is 24.0. The third kappa shape index (κ3) is 11.1. The van der Waals surface area contributed by atoms with Gasteiger partial charge in [-0.1, -0.05) is 92.8 Å². The summed E-state index contributed by atoms with van der Waals surface area (Å²) in [4.78, 5) is 41.5. The van der Waals surface area contributed by atoms with Crippen LogP contribution < -0.4 is 10.6 Å². The van der Waals surface area contributed by atoms with E-state index in [4.69, 9.17) is 4.74 Å². The lowest BCUT2D eigenvalue weighted by atomic mass is 10.0. The fraction of sp³-hybridized carbons (Fsp3) is 0.516. The first-order valence-electron chi connectivity index (χ1n) is 13.8. The van der Waals surface area contributed by atoms with E-state index in [0.29, 0.717) is 25.1 Å². The predicted octanol–water partition coefficient (Wildman–Crippen LogP) is 5.04. The summed E-state index contributed by atoms with van der Waals surface area (Å²) >= 11 is 0. The van der Waals surface area contributed by atoms with Crippen molar-refractivity contribution in [3.05, 3.63) is 71.3 Å². The third-order valence-corrected chi connectivity index (χ3v) is 6.22. The summed E-state index contributed by atoms with van der Waals surface area (Å²) in [5.74, 6) is -0.877. The molecular weight excluding hydrogens is 494 g/mol. The Morgan fingerprint density at radius 1 is 0.949 bits per heavy atom. The Balaban J connectivity index is 2.38. The van der Waals surface area contributed by atoms with Crippen molar-refractivity contribution >= 4 is 17.9 Å². The molecule has 0 heterocycles. The summed E-state index contributed by atoms with van der Waals surface area (Å²) < 4.78 is 5.31. The molecule has 8 nitrogen and oxygen atoms in total. The highest BCUT2D eigenvalue weighted by Crippen LogP contribution is 2.24. The van der Waals surface area contributed by atoms with Crippen molar-refractivity contribution in [2.24, 2.45) is 0 Å². The second-order valence-corrected chi connectivity index (χ2v) is 10.8. The van der Waals surface area contributed by atoms with Gasteiger partial charge >= 0.3 is 6.09 Å². The molecule has 0 aliphatic carbocycles. The van der Waals surface area contributed by atoms with Gasteiger partial charge in [-0.25, -0.2) is 4.79 Å². The quantitative estimate of drug-likeness (QED) is 0.292. The first-order chi connectivity index (χ1) is 18.6. The number of aliphatic hydroxyl groups is 1. The van der Waals surface area contributed by atoms with E-state index >= 15 is 0 Å². The summed E-state index contributed by atoms with van der Waals surface area (Å²) in [5, 5.41) is 15.6. The van der Waals surface area contributed by atoms with Crippen LogP contribution in [0.15, 0.2) is 54.6 Å². The van der Waals surface area contributed by atoms with Crippen LogP contribution in [0.25, 0.3) is 0 Å². The Morgan fingerprint density at radius 2 is 1.59 bits per heavy atom. The Morgan fingerprint density at radius 3 is 2.18 bits per heavy atom. The minimum atomic E-state index is -1.26. The third-order valence-electron chi connectivity index (χ3n) is 6.22. The number of alkyl carbamates (subject to hydrolysis) is 1. The number of rotatable bonds is 14. The van der Waals surface area contributed by atoms with Crippen LogP contribution in [-0.2, 0) is 20.9 Å². The van der Waals surface area contributed by atoms with Gasteiger partial charge in [-0.15, -0.1) is 0 Å². The molecule has 0 spiro atoms. The van der Waals surface area contributed by atoms with Crippen molar-refractivity contribution in [1.82, 2.24) is 15.5 Å². The molecule has 0 radical (unpaired) electrons. The molecule has 2 aromatic rings. The van der Waals surface area contributed by atoms with Crippen LogP contribution in [0, 0.1) is 6.92 Å². The summed E-state index contributed by atoms with van der Waals surface area (Å²) in [6, 6.07) is 14.8. The van der Waals surface area contributed by atoms with Crippen molar-refractivity contribution in [3.63, 3.8) is 0 Å². The molecule has 0 aliphatic heterocycles. The van der Waals surface area contributed by atoms with Gasteiger partial charge in [0.05, 0.1) is 6.61 Å². The number of aliphatic hydroxyl groups excluding tert-OH is 1. The Hall–Kier alpha value is -3.39. The molecule has 0 fully saturated rings. The largest absolute Gasteiger partial charge is 0.444 e. The molecule has 214 valence electrons. The molecule has 0 bridgehead atoms. The number of benzene rings is 2. The number of nitrogens with one attached hydrogen (secondary N) is 2. The second kappa shape index (κ2) is 15.9. The number of ether oxygens (including phenoxy) is 1. The SMILES string of the molecule is CCCCCCCN(C(=O)C(CO)NC(=O)OC(C)(C)C)C(C(=O)NCc1ccccc1)c1ccc(C)cc1. The van der Waals surface area contributed by atoms with Gasteiger partial charge in [0.15, 0.2) is 0 Å². The van der Waals surface area contributed by atoms with E-state index in [1.54, 1.807) is 20.8 Å². The molecule has 39 heavy (non-hydrogen) atoms. The van der Waals surface area contributed by atoms with Gasteiger partial charge in [0.1, 0.15) is 17.7 Å². The van der Waals surface area contributed by atoms with Gasteiger partial charge in [-0.2, -0.15) is 0 Å². The molecule has 0 saturated carbocycles. The lowest BCUT2D eigenvalue weighted by Gasteiger charge is -2.34. The van der Waals surface area contributed by atoms with E-state index in [9.17, 15) is 19.5 Å². The number of carbonyl (C=O) groups is 3. The molecule has 3 amide bonds. The number of carbonyl (C=O) groups excluding carboxylic acids is 3. The van der Waals surface area contributed by atoms with Gasteiger partial charge in [0.2, 0.25) is 11.8 Å². The molecule has 2 aromatic carbocycles. The average molecular weight is 540 g/mol. The highest BCUT2D eigenvalue weighted by Gasteiger charge is 2.35. The molecule has 0 aromatic heterocycles. The van der Waals surface area contributed by atoms with Gasteiger partial charge in [-0.3, -0.25) is 9.59 Å². The molecule has 0 aliphatic rings. The molecule has 8 heteroatoms. The maximum Gasteiger partial charge on any atom is 0.408 e. The monoisotopic (exact) mass is 539 g/mol. The molecule has 2 rings (SSSR count). The highest BCUT2D eigenvalue weighted by molar-refractivity contribution is 5.92. The van der Waals surface area contributed by atoms with E-state index < -0.39 is 36.3 Å². The first-order valence-corrected chi connectivity index (χ1v) is 13.8. The molecule has 2 unspecified atom stereocenters. The van der Waals surface area contributed by atoms with Gasteiger partial charge in [0, 0.05) is 13.1 Å². The molecule has 0 saturated heterocycles. The Kier molecular flexibility index (Phi) is 13.0. The zero-order valence-electron chi connectivity index (χ0n) is 24.0. The van der Waals surface area contributed by atoms with Crippen molar-refractivity contribution in [3.8, 4) is 0 Å². The fourth-order valence-electron chi connectivity index (χ4n) is 4.19. The van der Waals surface area contributed by atoms with Gasteiger partial charge in [0.25, 0.3) is 0 Å². The fourth-order valence-corrected chi connectivity index (χ4v) is 4.19. The Bertz CT molecular complexity index is 1030. The van der Waals surface area contributed by atoms with Crippen LogP contribution in [0.3, 0.4) is 0 Å². The average Bonchev–Trinajstić information content (AvgIpc) is 2.89. The summed E-state index contributed by atoms with van der Waals surface area (Å²) in [6.07, 6.45) is 3.97. The zero-order chi connectivity index (χ0) is 28.8. The van der Waals surface area contributed by atoms with E-state index in [1.165, 1.54) is 4.90 Å². The highest BCUT2D eigenvalue weighted by atomic mass is 16.6. The lowest BCUT2D eigenvalue weighted by molar-refractivity contribution is -0.143. The lowest BCUT2D eigenvalue weighted by Crippen LogP contribution is -2.54. The minimum absolute atomic E-state index is 0.298. The van der Waals surface area contributed by atoms with Crippen molar-refractivity contribution < 1.29 is 24.2 Å². The van der Waals surface area contributed by atoms with E-state index in [-0.39, 0.29) is 5.91 Å². The van der Waals surface area contributed by atoms with Crippen molar-refractivity contribution in [2.45, 2.75) is 91.0 Å². The van der Waals surface area contributed by atoms with Gasteiger partial charge in [-0.05, 0) is 45.2 Å². The van der Waals surface area contributed by atoms with Crippen LogP contribution in [0.5, 0.6) is 0 Å². The maximum atomic E-state index is 13.9. The van der Waals surface area contributed by atoms with E-state index in [2.05, 4.69) is 17.6 Å². The van der Waals surface area contributed by atoms with Crippen LogP contribution in [0.4, 0.5) is 4.79 Å². The van der Waals surface area contributed by atoms with Crippen molar-refractivity contribution in [1.29, 1.82) is 0 Å². The summed E-state index contributed by atoms with van der Waals surface area (Å²) in [5.41, 5.74) is 1.85. The van der Waals surface area contributed by atoms with Crippen molar-refractivity contribution in [2.75, 3.05) is 13.2 Å². The standard InChI is InChI=1S/C31H45N3O5/c1-6-7-8-9-13-20-34(29(37)26(22-35)33-30(38)39-31(3,4)5)27(25-18-16-23(2)17-19-25)28(36)32-21-24-14-11-10-12-15-24/h10-12,14-19,26-27,35H,6-9,13,20-22H2,1-5H3,(H,32,36)(H,33,38). The smallest absolute Gasteiger partial charge is 0.408 e. The second-order valence-electron chi connectivity index (χ2n) is 10.8. The summed E-state index contributed by atoms with van der Waals surface area (Å²) in [6.45, 7) is 9.22. The normalized spacial score (nSPS) is 12.8. The van der Waals surface area contributed by atoms with E-state index in [1.807, 2.05) is 61.5 Å². The number of nitrogens with zero attached hydrogens (tertiary/aromatic N) is 1. The van der Waals surface area contributed by atoms with E-state index in [0.717, 1.165) is 36.8 Å². The topological polar surface area (TPSA) is 108 Å². The number of aryl methyl sites for hydroxylation is 1. The van der Waals surface area contributed by atoms with Crippen LogP contribution >= 0.6 is 0 Å². The summed E-state index contributed by atoms with van der Waals surface area (Å²) in [7, 11) is 0. The first kappa shape index (κ1) is 31.8. The molecular formula is C31H45N3O5. The van der Waals surface area contributed by atoms with Crippen LogP contribution in [0.2, 0.25) is 0 Å². The number of amides is 3.